The van der Waals surface area contributed by atoms with E-state index in [0.29, 0.717) is 6.04 Å². The van der Waals surface area contributed by atoms with Gasteiger partial charge in [0.1, 0.15) is 11.6 Å². The van der Waals surface area contributed by atoms with E-state index >= 15 is 0 Å². The predicted octanol–water partition coefficient (Wildman–Crippen LogP) is 4.52. The standard InChI is InChI=1S/C20H25F4N5/c1-3-5-13-11-18(29-9-4-6-15(12-29)25-2)28-19(26-13)27-14-7-8-17(21)16(10-14)20(22,23)24/h7-8,10-11,15,25H,3-6,9,12H2,1-2H3,(H,26,27,28). The summed E-state index contributed by atoms with van der Waals surface area (Å²) < 4.78 is 52.5. The van der Waals surface area contributed by atoms with E-state index in [4.69, 9.17) is 0 Å². The fraction of sp³-hybridized carbons (Fsp3) is 0.500. The van der Waals surface area contributed by atoms with Gasteiger partial charge >= 0.3 is 6.18 Å². The van der Waals surface area contributed by atoms with Crippen LogP contribution >= 0.6 is 0 Å². The molecule has 2 N–H and O–H groups in total. The molecular weight excluding hydrogens is 386 g/mol. The Morgan fingerprint density at radius 2 is 2.00 bits per heavy atom. The third-order valence-electron chi connectivity index (χ3n) is 4.95. The van der Waals surface area contributed by atoms with Gasteiger partial charge < -0.3 is 15.5 Å². The Labute approximate surface area is 167 Å². The third kappa shape index (κ3) is 5.35. The number of nitrogens with one attached hydrogen (secondary N) is 2. The summed E-state index contributed by atoms with van der Waals surface area (Å²) in [6.07, 6.45) is -1.06. The molecule has 0 saturated carbocycles. The van der Waals surface area contributed by atoms with Gasteiger partial charge in [0, 0.05) is 36.6 Å². The minimum Gasteiger partial charge on any atom is -0.355 e. The number of likely N-dealkylation sites (N-methyl/N-ethyl adjacent to an activating group) is 1. The van der Waals surface area contributed by atoms with E-state index < -0.39 is 17.6 Å². The lowest BCUT2D eigenvalue weighted by Gasteiger charge is -2.33. The highest BCUT2D eigenvalue weighted by Gasteiger charge is 2.34. The van der Waals surface area contributed by atoms with Crippen LogP contribution in [0, 0.1) is 5.82 Å². The molecule has 1 aromatic heterocycles. The van der Waals surface area contributed by atoms with Gasteiger partial charge in [0.05, 0.1) is 5.56 Å². The maximum absolute atomic E-state index is 13.6. The molecule has 1 atom stereocenters. The molecule has 0 spiro atoms. The van der Waals surface area contributed by atoms with Gasteiger partial charge in [-0.25, -0.2) is 9.37 Å². The van der Waals surface area contributed by atoms with Gasteiger partial charge in [-0.05, 0) is 44.5 Å². The number of halogens is 4. The Bertz CT molecular complexity index is 840. The number of aromatic nitrogens is 2. The molecule has 1 saturated heterocycles. The molecule has 1 fully saturated rings. The lowest BCUT2D eigenvalue weighted by atomic mass is 10.1. The average Bonchev–Trinajstić information content (AvgIpc) is 2.69. The monoisotopic (exact) mass is 411 g/mol. The molecule has 3 rings (SSSR count). The zero-order chi connectivity index (χ0) is 21.0. The summed E-state index contributed by atoms with van der Waals surface area (Å²) in [5, 5.41) is 6.10. The van der Waals surface area contributed by atoms with Crippen LogP contribution in [-0.4, -0.2) is 36.1 Å². The van der Waals surface area contributed by atoms with Crippen molar-refractivity contribution in [1.82, 2.24) is 15.3 Å². The van der Waals surface area contributed by atoms with Gasteiger partial charge in [-0.3, -0.25) is 0 Å². The summed E-state index contributed by atoms with van der Waals surface area (Å²) in [5.41, 5.74) is -0.421. The van der Waals surface area contributed by atoms with Gasteiger partial charge in [-0.1, -0.05) is 13.3 Å². The minimum atomic E-state index is -4.77. The first-order valence-corrected chi connectivity index (χ1v) is 9.74. The van der Waals surface area contributed by atoms with E-state index in [-0.39, 0.29) is 11.6 Å². The number of aryl methyl sites for hydroxylation is 1. The van der Waals surface area contributed by atoms with Crippen LogP contribution in [0.1, 0.15) is 37.4 Å². The van der Waals surface area contributed by atoms with Crippen LogP contribution in [-0.2, 0) is 12.6 Å². The molecule has 158 valence electrons. The number of hydrogen-bond acceptors (Lipinski definition) is 5. The summed E-state index contributed by atoms with van der Waals surface area (Å²) in [5.74, 6) is -0.364. The lowest BCUT2D eigenvalue weighted by molar-refractivity contribution is -0.139. The summed E-state index contributed by atoms with van der Waals surface area (Å²) in [7, 11) is 1.93. The number of rotatable bonds is 6. The number of anilines is 3. The van der Waals surface area contributed by atoms with Crippen molar-refractivity contribution >= 4 is 17.5 Å². The maximum atomic E-state index is 13.6. The van der Waals surface area contributed by atoms with Crippen LogP contribution < -0.4 is 15.5 Å². The van der Waals surface area contributed by atoms with E-state index in [1.54, 1.807) is 0 Å². The molecule has 0 aliphatic carbocycles. The minimum absolute atomic E-state index is 0.0880. The molecule has 0 radical (unpaired) electrons. The Morgan fingerprint density at radius 1 is 1.21 bits per heavy atom. The molecule has 1 unspecified atom stereocenters. The largest absolute Gasteiger partial charge is 0.419 e. The molecule has 5 nitrogen and oxygen atoms in total. The molecule has 2 aromatic rings. The van der Waals surface area contributed by atoms with Crippen molar-refractivity contribution in [3.05, 3.63) is 41.3 Å². The van der Waals surface area contributed by atoms with Crippen molar-refractivity contribution in [1.29, 1.82) is 0 Å². The lowest BCUT2D eigenvalue weighted by Crippen LogP contribution is -2.44. The number of benzene rings is 1. The highest BCUT2D eigenvalue weighted by atomic mass is 19.4. The number of alkyl halides is 3. The van der Waals surface area contributed by atoms with Gasteiger partial charge in [-0.2, -0.15) is 18.2 Å². The van der Waals surface area contributed by atoms with Crippen molar-refractivity contribution in [2.75, 3.05) is 30.4 Å². The second kappa shape index (κ2) is 8.94. The van der Waals surface area contributed by atoms with E-state index in [1.165, 1.54) is 6.07 Å². The molecule has 0 amide bonds. The van der Waals surface area contributed by atoms with Crippen LogP contribution in [0.3, 0.4) is 0 Å². The number of piperidine rings is 1. The van der Waals surface area contributed by atoms with Gasteiger partial charge in [-0.15, -0.1) is 0 Å². The zero-order valence-electron chi connectivity index (χ0n) is 16.5. The first-order valence-electron chi connectivity index (χ1n) is 9.74. The van der Waals surface area contributed by atoms with Crippen molar-refractivity contribution in [3.8, 4) is 0 Å². The summed E-state index contributed by atoms with van der Waals surface area (Å²) in [6, 6.07) is 5.07. The molecule has 29 heavy (non-hydrogen) atoms. The molecule has 2 heterocycles. The summed E-state index contributed by atoms with van der Waals surface area (Å²) >= 11 is 0. The van der Waals surface area contributed by atoms with Crippen LogP contribution in [0.2, 0.25) is 0 Å². The van der Waals surface area contributed by atoms with Crippen LogP contribution in [0.4, 0.5) is 35.0 Å². The Morgan fingerprint density at radius 3 is 2.69 bits per heavy atom. The molecular formula is C20H25F4N5. The maximum Gasteiger partial charge on any atom is 0.419 e. The first-order chi connectivity index (χ1) is 13.8. The molecule has 0 bridgehead atoms. The Kier molecular flexibility index (Phi) is 6.56. The highest BCUT2D eigenvalue weighted by Crippen LogP contribution is 2.33. The SMILES string of the molecule is CCCc1cc(N2CCCC(NC)C2)nc(Nc2ccc(F)c(C(F)(F)F)c2)n1. The second-order valence-electron chi connectivity index (χ2n) is 7.18. The molecule has 1 aromatic carbocycles. The number of hydrogen-bond donors (Lipinski definition) is 2. The van der Waals surface area contributed by atoms with Crippen molar-refractivity contribution in [3.63, 3.8) is 0 Å². The fourth-order valence-electron chi connectivity index (χ4n) is 3.46. The fourth-order valence-corrected chi connectivity index (χ4v) is 3.46. The predicted molar refractivity (Wildman–Crippen MR) is 105 cm³/mol. The normalized spacial score (nSPS) is 17.4. The van der Waals surface area contributed by atoms with Crippen LogP contribution in [0.25, 0.3) is 0 Å². The van der Waals surface area contributed by atoms with Gasteiger partial charge in [0.2, 0.25) is 5.95 Å². The van der Waals surface area contributed by atoms with Crippen molar-refractivity contribution in [2.24, 2.45) is 0 Å². The van der Waals surface area contributed by atoms with Crippen molar-refractivity contribution < 1.29 is 17.6 Å². The van der Waals surface area contributed by atoms with Gasteiger partial charge in [0.15, 0.2) is 0 Å². The van der Waals surface area contributed by atoms with Crippen LogP contribution in [0.15, 0.2) is 24.3 Å². The zero-order valence-corrected chi connectivity index (χ0v) is 16.5. The van der Waals surface area contributed by atoms with E-state index in [9.17, 15) is 17.6 Å². The highest BCUT2D eigenvalue weighted by molar-refractivity contribution is 5.57. The molecule has 1 aliphatic heterocycles. The van der Waals surface area contributed by atoms with Crippen LogP contribution in [0.5, 0.6) is 0 Å². The van der Waals surface area contributed by atoms with Crippen molar-refractivity contribution in [2.45, 2.75) is 44.8 Å². The van der Waals surface area contributed by atoms with E-state index in [0.717, 1.165) is 62.4 Å². The smallest absolute Gasteiger partial charge is 0.355 e. The summed E-state index contributed by atoms with van der Waals surface area (Å²) in [4.78, 5) is 11.1. The second-order valence-corrected chi connectivity index (χ2v) is 7.18. The van der Waals surface area contributed by atoms with Gasteiger partial charge in [0.25, 0.3) is 0 Å². The Balaban J connectivity index is 1.90. The Hall–Kier alpha value is -2.42. The number of nitrogens with zero attached hydrogens (tertiary/aromatic N) is 3. The average molecular weight is 411 g/mol. The quantitative estimate of drug-likeness (QED) is 0.685. The van der Waals surface area contributed by atoms with E-state index in [1.807, 2.05) is 20.0 Å². The molecule has 9 heteroatoms. The van der Waals surface area contributed by atoms with E-state index in [2.05, 4.69) is 25.5 Å². The molecule has 1 aliphatic rings. The first kappa shape index (κ1) is 21.3. The third-order valence-corrected chi connectivity index (χ3v) is 4.95. The summed E-state index contributed by atoms with van der Waals surface area (Å²) in [6.45, 7) is 3.69. The topological polar surface area (TPSA) is 53.1 Å².